The Balaban J connectivity index is 1.18. The zero-order chi connectivity index (χ0) is 28.7. The van der Waals surface area contributed by atoms with Crippen molar-refractivity contribution in [2.24, 2.45) is 5.41 Å². The van der Waals surface area contributed by atoms with E-state index >= 15 is 0 Å². The Labute approximate surface area is 235 Å². The van der Waals surface area contributed by atoms with Gasteiger partial charge in [-0.25, -0.2) is 8.78 Å². The zero-order valence-electron chi connectivity index (χ0n) is 22.3. The summed E-state index contributed by atoms with van der Waals surface area (Å²) < 4.78 is 33.5. The number of carbonyl (C=O) groups is 3. The van der Waals surface area contributed by atoms with Crippen LogP contribution in [0.5, 0.6) is 5.75 Å². The molecule has 1 N–H and O–H groups in total. The van der Waals surface area contributed by atoms with Crippen molar-refractivity contribution in [1.29, 1.82) is 0 Å². The first-order valence-electron chi connectivity index (χ1n) is 13.2. The molecule has 8 nitrogen and oxygen atoms in total. The van der Waals surface area contributed by atoms with E-state index in [4.69, 9.17) is 4.74 Å². The molecule has 4 heterocycles. The van der Waals surface area contributed by atoms with Crippen LogP contribution >= 0.6 is 0 Å². The molecule has 0 radical (unpaired) electrons. The number of fused-ring (bicyclic) bond motifs is 2. The van der Waals surface area contributed by atoms with E-state index in [1.165, 1.54) is 24.1 Å². The number of benzene rings is 2. The molecule has 1 aromatic heterocycles. The highest BCUT2D eigenvalue weighted by Gasteiger charge is 2.49. The number of hydrogen-bond donors (Lipinski definition) is 1. The van der Waals surface area contributed by atoms with E-state index in [0.717, 1.165) is 29.8 Å². The number of rotatable bonds is 5. The number of aromatic nitrogens is 1. The molecule has 0 unspecified atom stereocenters. The van der Waals surface area contributed by atoms with E-state index in [1.54, 1.807) is 24.4 Å². The Morgan fingerprint density at radius 2 is 1.88 bits per heavy atom. The number of nitrogens with one attached hydrogen (secondary N) is 1. The fourth-order valence-electron chi connectivity index (χ4n) is 5.65. The van der Waals surface area contributed by atoms with E-state index in [1.807, 2.05) is 12.1 Å². The molecule has 2 aromatic carbocycles. The van der Waals surface area contributed by atoms with Crippen LogP contribution in [0.3, 0.4) is 0 Å². The van der Waals surface area contributed by atoms with Gasteiger partial charge in [0, 0.05) is 44.5 Å². The maximum Gasteiger partial charge on any atom is 0.257 e. The largest absolute Gasteiger partial charge is 0.494 e. The van der Waals surface area contributed by atoms with Crippen molar-refractivity contribution in [1.82, 2.24) is 20.1 Å². The predicted molar refractivity (Wildman–Crippen MR) is 143 cm³/mol. The number of amides is 3. The lowest BCUT2D eigenvalue weighted by Crippen LogP contribution is -2.42. The van der Waals surface area contributed by atoms with Crippen LogP contribution in [-0.2, 0) is 35.6 Å². The molecule has 1 saturated heterocycles. The molecule has 10 heteroatoms. The molecule has 3 aliphatic heterocycles. The minimum atomic E-state index is -1.48. The normalized spacial score (nSPS) is 19.9. The van der Waals surface area contributed by atoms with E-state index in [-0.39, 0.29) is 36.6 Å². The number of halogens is 2. The molecule has 3 aliphatic rings. The average Bonchev–Trinajstić information content (AvgIpc) is 3.42. The monoisotopic (exact) mass is 556 g/mol. The Kier molecular flexibility index (Phi) is 6.75. The van der Waals surface area contributed by atoms with Crippen molar-refractivity contribution in [3.05, 3.63) is 93.8 Å². The second kappa shape index (κ2) is 10.4. The third-order valence-corrected chi connectivity index (χ3v) is 7.80. The van der Waals surface area contributed by atoms with Gasteiger partial charge in [0.15, 0.2) is 11.6 Å². The summed E-state index contributed by atoms with van der Waals surface area (Å²) in [6, 6.07) is 11.6. The standard InChI is InChI=1S/C31H26F2N4O4/c1-41-25-7-4-21-16-37(29(39)27(21)28(25)33)18-31(13-26(38)35-30(31)40)10-8-19-2-6-24(34-14-19)17-36-11-9-20-3-5-23(32)12-22(20)15-36/h2-7,12,14H,9,11,13,15-18H2,1H3,(H,35,38,40)/t31-/m1/s1. The van der Waals surface area contributed by atoms with Crippen LogP contribution in [-0.4, -0.2) is 52.7 Å². The van der Waals surface area contributed by atoms with Crippen LogP contribution in [0.2, 0.25) is 0 Å². The second-order valence-corrected chi connectivity index (χ2v) is 10.6. The summed E-state index contributed by atoms with van der Waals surface area (Å²) in [5.74, 6) is 3.19. The smallest absolute Gasteiger partial charge is 0.257 e. The van der Waals surface area contributed by atoms with E-state index in [9.17, 15) is 23.2 Å². The predicted octanol–water partition coefficient (Wildman–Crippen LogP) is 2.97. The fourth-order valence-corrected chi connectivity index (χ4v) is 5.65. The van der Waals surface area contributed by atoms with E-state index in [2.05, 4.69) is 27.0 Å². The third-order valence-electron chi connectivity index (χ3n) is 7.80. The fraction of sp³-hybridized carbons (Fsp3) is 0.290. The van der Waals surface area contributed by atoms with Gasteiger partial charge in [0.05, 0.1) is 24.8 Å². The molecule has 1 fully saturated rings. The van der Waals surface area contributed by atoms with Crippen LogP contribution in [0.15, 0.2) is 48.7 Å². The van der Waals surface area contributed by atoms with Crippen LogP contribution in [0.1, 0.15) is 44.7 Å². The van der Waals surface area contributed by atoms with Gasteiger partial charge in [0.25, 0.3) is 5.91 Å². The maximum absolute atomic E-state index is 14.8. The van der Waals surface area contributed by atoms with Gasteiger partial charge in [0.2, 0.25) is 11.8 Å². The Bertz CT molecular complexity index is 1650. The summed E-state index contributed by atoms with van der Waals surface area (Å²) in [7, 11) is 1.32. The molecule has 41 heavy (non-hydrogen) atoms. The molecule has 0 saturated carbocycles. The molecule has 0 bridgehead atoms. The number of pyridine rings is 1. The number of ether oxygens (including phenoxy) is 1. The molecule has 3 amide bonds. The first kappa shape index (κ1) is 26.6. The molecular weight excluding hydrogens is 530 g/mol. The summed E-state index contributed by atoms with van der Waals surface area (Å²) in [6.45, 7) is 1.98. The zero-order valence-corrected chi connectivity index (χ0v) is 22.3. The Morgan fingerprint density at radius 3 is 2.61 bits per heavy atom. The number of imide groups is 1. The van der Waals surface area contributed by atoms with Crippen LogP contribution < -0.4 is 10.1 Å². The van der Waals surface area contributed by atoms with E-state index < -0.39 is 29.0 Å². The lowest BCUT2D eigenvalue weighted by Gasteiger charge is -2.28. The molecule has 0 aliphatic carbocycles. The number of carbonyl (C=O) groups excluding carboxylic acids is 3. The highest BCUT2D eigenvalue weighted by molar-refractivity contribution is 6.08. The highest BCUT2D eigenvalue weighted by atomic mass is 19.1. The summed E-state index contributed by atoms with van der Waals surface area (Å²) in [5.41, 5.74) is 2.39. The van der Waals surface area contributed by atoms with Crippen LogP contribution in [0.4, 0.5) is 8.78 Å². The number of nitrogens with zero attached hydrogens (tertiary/aromatic N) is 3. The summed E-state index contributed by atoms with van der Waals surface area (Å²) in [6.07, 6.45) is 2.22. The van der Waals surface area contributed by atoms with Crippen molar-refractivity contribution in [3.63, 3.8) is 0 Å². The van der Waals surface area contributed by atoms with Crippen LogP contribution in [0.25, 0.3) is 0 Å². The first-order chi connectivity index (χ1) is 19.7. The van der Waals surface area contributed by atoms with Crippen molar-refractivity contribution in [3.8, 4) is 17.6 Å². The molecule has 3 aromatic rings. The lowest BCUT2D eigenvalue weighted by atomic mass is 9.85. The van der Waals surface area contributed by atoms with Crippen LogP contribution in [0, 0.1) is 28.9 Å². The maximum atomic E-state index is 14.8. The first-order valence-corrected chi connectivity index (χ1v) is 13.2. The summed E-state index contributed by atoms with van der Waals surface area (Å²) in [4.78, 5) is 46.3. The van der Waals surface area contributed by atoms with Gasteiger partial charge in [-0.05, 0) is 53.4 Å². The number of methoxy groups -OCH3 is 1. The van der Waals surface area contributed by atoms with Gasteiger partial charge in [-0.1, -0.05) is 24.0 Å². The van der Waals surface area contributed by atoms with Gasteiger partial charge in [-0.15, -0.1) is 0 Å². The van der Waals surface area contributed by atoms with Gasteiger partial charge in [-0.2, -0.15) is 0 Å². The van der Waals surface area contributed by atoms with Crippen molar-refractivity contribution >= 4 is 17.7 Å². The quantitative estimate of drug-likeness (QED) is 0.384. The summed E-state index contributed by atoms with van der Waals surface area (Å²) in [5, 5.41) is 2.29. The molecule has 208 valence electrons. The Morgan fingerprint density at radius 1 is 1.05 bits per heavy atom. The number of hydrogen-bond acceptors (Lipinski definition) is 6. The minimum absolute atomic E-state index is 0.0443. The highest BCUT2D eigenvalue weighted by Crippen LogP contribution is 2.35. The van der Waals surface area contributed by atoms with Gasteiger partial charge in [0.1, 0.15) is 11.2 Å². The topological polar surface area (TPSA) is 91.8 Å². The lowest BCUT2D eigenvalue weighted by molar-refractivity contribution is -0.127. The van der Waals surface area contributed by atoms with Gasteiger partial charge >= 0.3 is 0 Å². The van der Waals surface area contributed by atoms with E-state index in [0.29, 0.717) is 24.2 Å². The molecule has 6 rings (SSSR count). The third kappa shape index (κ3) is 5.05. The Hall–Kier alpha value is -4.62. The summed E-state index contributed by atoms with van der Waals surface area (Å²) >= 11 is 0. The second-order valence-electron chi connectivity index (χ2n) is 10.6. The van der Waals surface area contributed by atoms with Crippen molar-refractivity contribution < 1.29 is 27.9 Å². The van der Waals surface area contributed by atoms with Crippen molar-refractivity contribution in [2.45, 2.75) is 32.5 Å². The van der Waals surface area contributed by atoms with Gasteiger partial charge < -0.3 is 9.64 Å². The van der Waals surface area contributed by atoms with Gasteiger partial charge in [-0.3, -0.25) is 29.6 Å². The molecule has 1 atom stereocenters. The molecule has 0 spiro atoms. The average molecular weight is 557 g/mol. The van der Waals surface area contributed by atoms with Crippen molar-refractivity contribution in [2.75, 3.05) is 20.2 Å². The molecular formula is C31H26F2N4O4. The SMILES string of the molecule is COc1ccc2c(c1F)C(=O)N(C[C@@]1(C#Cc3ccc(CN4CCc5ccc(F)cc5C4)nc3)CC(=O)NC1=O)C2. The minimum Gasteiger partial charge on any atom is -0.494 e.